The fourth-order valence-electron chi connectivity index (χ4n) is 2.55. The first-order valence-electron chi connectivity index (χ1n) is 7.06. The summed E-state index contributed by atoms with van der Waals surface area (Å²) in [5, 5.41) is 3.36. The van der Waals surface area contributed by atoms with Crippen molar-refractivity contribution in [1.29, 1.82) is 0 Å². The molecule has 0 bridgehead atoms. The molecule has 1 aliphatic rings. The monoisotopic (exact) mass is 247 g/mol. The van der Waals surface area contributed by atoms with Gasteiger partial charge in [0.25, 0.3) is 0 Å². The lowest BCUT2D eigenvalue weighted by Crippen LogP contribution is -2.40. The highest BCUT2D eigenvalue weighted by Crippen LogP contribution is 2.22. The largest absolute Gasteiger partial charge is 0.329 e. The van der Waals surface area contributed by atoms with Crippen LogP contribution in [0.5, 0.6) is 0 Å². The number of hydrogen-bond donors (Lipinski definition) is 3. The average Bonchev–Trinajstić information content (AvgIpc) is 2.43. The average molecular weight is 247 g/mol. The SMILES string of the molecule is NCC(N)CNCCc1ccc2c(c1)CCCC2. The molecule has 0 aromatic heterocycles. The van der Waals surface area contributed by atoms with Crippen molar-refractivity contribution in [3.8, 4) is 0 Å². The highest BCUT2D eigenvalue weighted by molar-refractivity contribution is 5.33. The van der Waals surface area contributed by atoms with Gasteiger partial charge in [0.2, 0.25) is 0 Å². The van der Waals surface area contributed by atoms with Crippen molar-refractivity contribution in [3.05, 3.63) is 34.9 Å². The Hall–Kier alpha value is -0.900. The fraction of sp³-hybridized carbons (Fsp3) is 0.600. The zero-order valence-corrected chi connectivity index (χ0v) is 11.1. The summed E-state index contributed by atoms with van der Waals surface area (Å²) < 4.78 is 0. The van der Waals surface area contributed by atoms with Crippen LogP contribution in [0.2, 0.25) is 0 Å². The Morgan fingerprint density at radius 1 is 1.17 bits per heavy atom. The number of aryl methyl sites for hydroxylation is 2. The van der Waals surface area contributed by atoms with Gasteiger partial charge in [0.15, 0.2) is 0 Å². The van der Waals surface area contributed by atoms with Gasteiger partial charge in [0.1, 0.15) is 0 Å². The number of nitrogens with one attached hydrogen (secondary N) is 1. The topological polar surface area (TPSA) is 64.1 Å². The molecule has 3 heteroatoms. The molecular formula is C15H25N3. The molecule has 3 nitrogen and oxygen atoms in total. The van der Waals surface area contributed by atoms with E-state index >= 15 is 0 Å². The maximum absolute atomic E-state index is 5.76. The second kappa shape index (κ2) is 6.88. The van der Waals surface area contributed by atoms with Gasteiger partial charge >= 0.3 is 0 Å². The Labute approximate surface area is 110 Å². The van der Waals surface area contributed by atoms with Gasteiger partial charge in [-0.3, -0.25) is 0 Å². The summed E-state index contributed by atoms with van der Waals surface area (Å²) in [6.45, 7) is 2.33. The highest BCUT2D eigenvalue weighted by atomic mass is 14.9. The Bertz CT molecular complexity index is 376. The normalized spacial score (nSPS) is 16.3. The molecule has 1 aliphatic carbocycles. The van der Waals surface area contributed by atoms with E-state index in [4.69, 9.17) is 11.5 Å². The van der Waals surface area contributed by atoms with Crippen molar-refractivity contribution in [2.24, 2.45) is 11.5 Å². The smallest absolute Gasteiger partial charge is 0.0290 e. The zero-order valence-electron chi connectivity index (χ0n) is 11.1. The number of benzene rings is 1. The van der Waals surface area contributed by atoms with Gasteiger partial charge in [-0.25, -0.2) is 0 Å². The van der Waals surface area contributed by atoms with E-state index in [0.29, 0.717) is 6.54 Å². The summed E-state index contributed by atoms with van der Waals surface area (Å²) in [5.41, 5.74) is 15.8. The minimum Gasteiger partial charge on any atom is -0.329 e. The van der Waals surface area contributed by atoms with Crippen molar-refractivity contribution in [3.63, 3.8) is 0 Å². The van der Waals surface area contributed by atoms with E-state index < -0.39 is 0 Å². The van der Waals surface area contributed by atoms with Gasteiger partial charge in [-0.05, 0) is 55.3 Å². The molecule has 0 saturated heterocycles. The third-order valence-electron chi connectivity index (χ3n) is 3.71. The molecular weight excluding hydrogens is 222 g/mol. The van der Waals surface area contributed by atoms with E-state index in [1.165, 1.54) is 31.2 Å². The quantitative estimate of drug-likeness (QED) is 0.657. The van der Waals surface area contributed by atoms with Crippen LogP contribution in [0.4, 0.5) is 0 Å². The third-order valence-corrected chi connectivity index (χ3v) is 3.71. The Morgan fingerprint density at radius 2 is 1.94 bits per heavy atom. The van der Waals surface area contributed by atoms with Gasteiger partial charge in [0.05, 0.1) is 0 Å². The Kier molecular flexibility index (Phi) is 5.17. The predicted octanol–water partition coefficient (Wildman–Crippen LogP) is 0.983. The predicted molar refractivity (Wildman–Crippen MR) is 76.7 cm³/mol. The van der Waals surface area contributed by atoms with E-state index in [0.717, 1.165) is 19.5 Å². The van der Waals surface area contributed by atoms with Crippen molar-refractivity contribution < 1.29 is 0 Å². The van der Waals surface area contributed by atoms with Crippen molar-refractivity contribution >= 4 is 0 Å². The second-order valence-corrected chi connectivity index (χ2v) is 5.26. The molecule has 1 atom stereocenters. The summed E-state index contributed by atoms with van der Waals surface area (Å²) in [5.74, 6) is 0. The molecule has 1 aromatic carbocycles. The highest BCUT2D eigenvalue weighted by Gasteiger charge is 2.09. The van der Waals surface area contributed by atoms with E-state index in [2.05, 4.69) is 23.5 Å². The van der Waals surface area contributed by atoms with E-state index in [1.807, 2.05) is 0 Å². The van der Waals surface area contributed by atoms with Crippen molar-refractivity contribution in [2.75, 3.05) is 19.6 Å². The lowest BCUT2D eigenvalue weighted by molar-refractivity contribution is 0.583. The molecule has 0 heterocycles. The van der Waals surface area contributed by atoms with Crippen LogP contribution in [0.25, 0.3) is 0 Å². The minimum atomic E-state index is 0.0773. The molecule has 1 aromatic rings. The van der Waals surface area contributed by atoms with Crippen LogP contribution >= 0.6 is 0 Å². The molecule has 5 N–H and O–H groups in total. The standard InChI is InChI=1S/C15H25N3/c16-10-15(17)11-18-8-7-12-5-6-13-3-1-2-4-14(13)9-12/h5-6,9,15,18H,1-4,7-8,10-11,16-17H2. The first kappa shape index (κ1) is 13.5. The van der Waals surface area contributed by atoms with Gasteiger partial charge in [0, 0.05) is 19.1 Å². The molecule has 1 unspecified atom stereocenters. The molecule has 0 radical (unpaired) electrons. The van der Waals surface area contributed by atoms with Crippen LogP contribution in [0.1, 0.15) is 29.5 Å². The van der Waals surface area contributed by atoms with Crippen LogP contribution in [0, 0.1) is 0 Å². The third kappa shape index (κ3) is 3.80. The number of fused-ring (bicyclic) bond motifs is 1. The molecule has 100 valence electrons. The maximum atomic E-state index is 5.76. The molecule has 0 amide bonds. The van der Waals surface area contributed by atoms with Gasteiger partial charge in [-0.2, -0.15) is 0 Å². The second-order valence-electron chi connectivity index (χ2n) is 5.26. The molecule has 2 rings (SSSR count). The summed E-state index contributed by atoms with van der Waals surface area (Å²) in [6, 6.07) is 7.05. The van der Waals surface area contributed by atoms with E-state index in [9.17, 15) is 0 Å². The van der Waals surface area contributed by atoms with E-state index in [-0.39, 0.29) is 6.04 Å². The number of nitrogens with two attached hydrogens (primary N) is 2. The van der Waals surface area contributed by atoms with Crippen molar-refractivity contribution in [2.45, 2.75) is 38.1 Å². The molecule has 0 saturated carbocycles. The van der Waals surface area contributed by atoms with Gasteiger partial charge in [-0.1, -0.05) is 18.2 Å². The summed E-state index contributed by atoms with van der Waals surface area (Å²) in [4.78, 5) is 0. The first-order chi connectivity index (χ1) is 8.79. The minimum absolute atomic E-state index is 0.0773. The molecule has 18 heavy (non-hydrogen) atoms. The first-order valence-corrected chi connectivity index (χ1v) is 7.06. The van der Waals surface area contributed by atoms with Crippen LogP contribution in [-0.2, 0) is 19.3 Å². The van der Waals surface area contributed by atoms with Gasteiger partial charge < -0.3 is 16.8 Å². The summed E-state index contributed by atoms with van der Waals surface area (Å²) in [7, 11) is 0. The van der Waals surface area contributed by atoms with Crippen molar-refractivity contribution in [1.82, 2.24) is 5.32 Å². The summed E-state index contributed by atoms with van der Waals surface area (Å²) in [6.07, 6.45) is 6.30. The molecule has 0 spiro atoms. The zero-order chi connectivity index (χ0) is 12.8. The lowest BCUT2D eigenvalue weighted by atomic mass is 9.90. The molecule has 0 aliphatic heterocycles. The van der Waals surface area contributed by atoms with Crippen LogP contribution < -0.4 is 16.8 Å². The summed E-state index contributed by atoms with van der Waals surface area (Å²) >= 11 is 0. The van der Waals surface area contributed by atoms with E-state index in [1.54, 1.807) is 11.1 Å². The lowest BCUT2D eigenvalue weighted by Gasteiger charge is -2.17. The van der Waals surface area contributed by atoms with Gasteiger partial charge in [-0.15, -0.1) is 0 Å². The van der Waals surface area contributed by atoms with Crippen LogP contribution in [0.3, 0.4) is 0 Å². The Balaban J connectivity index is 1.79. The van der Waals surface area contributed by atoms with Crippen LogP contribution in [0.15, 0.2) is 18.2 Å². The maximum Gasteiger partial charge on any atom is 0.0290 e. The molecule has 0 fully saturated rings. The number of hydrogen-bond acceptors (Lipinski definition) is 3. The Morgan fingerprint density at radius 3 is 2.72 bits per heavy atom. The van der Waals surface area contributed by atoms with Crippen LogP contribution in [-0.4, -0.2) is 25.7 Å². The fourth-order valence-corrected chi connectivity index (χ4v) is 2.55. The number of rotatable bonds is 6.